The predicted octanol–water partition coefficient (Wildman–Crippen LogP) is 4.91. The molecule has 0 aliphatic heterocycles. The van der Waals surface area contributed by atoms with Gasteiger partial charge in [0.15, 0.2) is 0 Å². The summed E-state index contributed by atoms with van der Waals surface area (Å²) in [6, 6.07) is 0. The van der Waals surface area contributed by atoms with Gasteiger partial charge in [-0.05, 0) is 30.1 Å². The number of hydrogen-bond acceptors (Lipinski definition) is 0. The largest absolute Gasteiger partial charge is 0.103 e. The van der Waals surface area contributed by atoms with E-state index >= 15 is 0 Å². The molecule has 0 amide bonds. The Bertz CT molecular complexity index is 146. The predicted molar refractivity (Wildman–Crippen MR) is 66.4 cm³/mol. The van der Waals surface area contributed by atoms with Gasteiger partial charge in [-0.2, -0.15) is 0 Å². The summed E-state index contributed by atoms with van der Waals surface area (Å²) in [5, 5.41) is 0. The Kier molecular flexibility index (Phi) is 6.96. The third-order valence-electron chi connectivity index (χ3n) is 3.37. The van der Waals surface area contributed by atoms with Crippen LogP contribution in [0.1, 0.15) is 53.9 Å². The molecule has 3 atom stereocenters. The summed E-state index contributed by atoms with van der Waals surface area (Å²) in [4.78, 5) is 0. The van der Waals surface area contributed by atoms with Crippen molar-refractivity contribution in [3.05, 3.63) is 12.7 Å². The highest BCUT2D eigenvalue weighted by atomic mass is 14.3. The minimum absolute atomic E-state index is 0.786. The van der Waals surface area contributed by atoms with Gasteiger partial charge in [0.05, 0.1) is 0 Å². The quantitative estimate of drug-likeness (QED) is 0.508. The first-order valence-electron chi connectivity index (χ1n) is 6.15. The van der Waals surface area contributed by atoms with E-state index in [-0.39, 0.29) is 0 Å². The van der Waals surface area contributed by atoms with Gasteiger partial charge in [0, 0.05) is 0 Å². The normalized spacial score (nSPS) is 17.9. The van der Waals surface area contributed by atoms with E-state index in [2.05, 4.69) is 47.3 Å². The fraction of sp³-hybridized carbons (Fsp3) is 0.857. The Hall–Kier alpha value is -0.260. The van der Waals surface area contributed by atoms with Crippen molar-refractivity contribution in [1.82, 2.24) is 0 Å². The molecule has 0 bridgehead atoms. The van der Waals surface area contributed by atoms with Crippen LogP contribution in [0.25, 0.3) is 0 Å². The van der Waals surface area contributed by atoms with E-state index in [0.717, 1.165) is 30.1 Å². The summed E-state index contributed by atoms with van der Waals surface area (Å²) >= 11 is 0. The second-order valence-corrected chi connectivity index (χ2v) is 5.09. The topological polar surface area (TPSA) is 0 Å². The Morgan fingerprint density at radius 2 is 1.64 bits per heavy atom. The van der Waals surface area contributed by atoms with Crippen LogP contribution in [0.3, 0.4) is 0 Å². The third-order valence-corrected chi connectivity index (χ3v) is 3.37. The summed E-state index contributed by atoms with van der Waals surface area (Å²) < 4.78 is 0. The molecule has 0 aromatic rings. The highest BCUT2D eigenvalue weighted by molar-refractivity contribution is 4.80. The van der Waals surface area contributed by atoms with Gasteiger partial charge >= 0.3 is 0 Å². The summed E-state index contributed by atoms with van der Waals surface area (Å²) in [7, 11) is 0. The van der Waals surface area contributed by atoms with E-state index in [1.165, 1.54) is 12.8 Å². The molecule has 3 unspecified atom stereocenters. The highest BCUT2D eigenvalue weighted by Gasteiger charge is 2.24. The molecule has 0 nitrogen and oxygen atoms in total. The average molecular weight is 196 g/mol. The first kappa shape index (κ1) is 13.7. The molecule has 0 heterocycles. The van der Waals surface area contributed by atoms with Crippen molar-refractivity contribution in [1.29, 1.82) is 0 Å². The average Bonchev–Trinajstić information content (AvgIpc) is 2.04. The van der Waals surface area contributed by atoms with Gasteiger partial charge in [-0.15, -0.1) is 6.58 Å². The maximum atomic E-state index is 3.85. The molecular formula is C14H28. The molecule has 0 aromatic carbocycles. The third kappa shape index (κ3) is 4.30. The van der Waals surface area contributed by atoms with Crippen molar-refractivity contribution in [2.24, 2.45) is 23.7 Å². The Morgan fingerprint density at radius 3 is 2.00 bits per heavy atom. The molecule has 0 heteroatoms. The zero-order chi connectivity index (χ0) is 11.1. The van der Waals surface area contributed by atoms with E-state index in [4.69, 9.17) is 0 Å². The summed E-state index contributed by atoms with van der Waals surface area (Å²) in [5.41, 5.74) is 0. The van der Waals surface area contributed by atoms with Crippen LogP contribution in [-0.2, 0) is 0 Å². The van der Waals surface area contributed by atoms with Gasteiger partial charge in [-0.1, -0.05) is 53.5 Å². The van der Waals surface area contributed by atoms with Crippen LogP contribution in [0.5, 0.6) is 0 Å². The van der Waals surface area contributed by atoms with E-state index < -0.39 is 0 Å². The molecule has 14 heavy (non-hydrogen) atoms. The SMILES string of the molecule is C=CCC(C)C(C(C)C)C(C)CCC. The zero-order valence-corrected chi connectivity index (χ0v) is 10.7. The highest BCUT2D eigenvalue weighted by Crippen LogP contribution is 2.33. The minimum atomic E-state index is 0.786. The molecule has 0 aliphatic rings. The second-order valence-electron chi connectivity index (χ2n) is 5.09. The van der Waals surface area contributed by atoms with Gasteiger partial charge in [-0.25, -0.2) is 0 Å². The van der Waals surface area contributed by atoms with Crippen molar-refractivity contribution in [3.63, 3.8) is 0 Å². The molecule has 0 N–H and O–H groups in total. The van der Waals surface area contributed by atoms with Crippen LogP contribution in [0.2, 0.25) is 0 Å². The maximum Gasteiger partial charge on any atom is -0.0325 e. The van der Waals surface area contributed by atoms with E-state index in [1.807, 2.05) is 0 Å². The number of rotatable bonds is 7. The van der Waals surface area contributed by atoms with Crippen LogP contribution < -0.4 is 0 Å². The van der Waals surface area contributed by atoms with Gasteiger partial charge in [0.2, 0.25) is 0 Å². The van der Waals surface area contributed by atoms with Gasteiger partial charge in [0.25, 0.3) is 0 Å². The van der Waals surface area contributed by atoms with Gasteiger partial charge in [0.1, 0.15) is 0 Å². The van der Waals surface area contributed by atoms with Crippen molar-refractivity contribution >= 4 is 0 Å². The Morgan fingerprint density at radius 1 is 1.07 bits per heavy atom. The molecule has 0 aliphatic carbocycles. The summed E-state index contributed by atoms with van der Waals surface area (Å²) in [6.07, 6.45) is 5.91. The smallest absolute Gasteiger partial charge is 0.0325 e. The zero-order valence-electron chi connectivity index (χ0n) is 10.7. The van der Waals surface area contributed by atoms with Crippen molar-refractivity contribution < 1.29 is 0 Å². The van der Waals surface area contributed by atoms with Crippen LogP contribution in [0.15, 0.2) is 12.7 Å². The Labute approximate surface area is 90.8 Å². The van der Waals surface area contributed by atoms with E-state index in [0.29, 0.717) is 0 Å². The van der Waals surface area contributed by atoms with Gasteiger partial charge < -0.3 is 0 Å². The van der Waals surface area contributed by atoms with Crippen LogP contribution in [0.4, 0.5) is 0 Å². The van der Waals surface area contributed by atoms with Crippen molar-refractivity contribution in [2.75, 3.05) is 0 Å². The number of hydrogen-bond donors (Lipinski definition) is 0. The van der Waals surface area contributed by atoms with Crippen LogP contribution in [-0.4, -0.2) is 0 Å². The van der Waals surface area contributed by atoms with Gasteiger partial charge in [-0.3, -0.25) is 0 Å². The lowest BCUT2D eigenvalue weighted by molar-refractivity contribution is 0.178. The molecule has 0 spiro atoms. The first-order valence-corrected chi connectivity index (χ1v) is 6.15. The van der Waals surface area contributed by atoms with Crippen LogP contribution >= 0.6 is 0 Å². The standard InChI is InChI=1S/C14H28/c1-7-9-12(5)14(11(3)4)13(6)10-8-2/h7,11-14H,1,8-10H2,2-6H3. The minimum Gasteiger partial charge on any atom is -0.103 e. The molecular weight excluding hydrogens is 168 g/mol. The molecule has 84 valence electrons. The monoisotopic (exact) mass is 196 g/mol. The lowest BCUT2D eigenvalue weighted by atomic mass is 9.73. The van der Waals surface area contributed by atoms with Crippen molar-refractivity contribution in [2.45, 2.75) is 53.9 Å². The molecule has 0 rings (SSSR count). The van der Waals surface area contributed by atoms with E-state index in [1.54, 1.807) is 0 Å². The van der Waals surface area contributed by atoms with E-state index in [9.17, 15) is 0 Å². The van der Waals surface area contributed by atoms with Crippen LogP contribution in [0, 0.1) is 23.7 Å². The fourth-order valence-electron chi connectivity index (χ4n) is 2.94. The fourth-order valence-corrected chi connectivity index (χ4v) is 2.94. The molecule has 0 radical (unpaired) electrons. The molecule has 0 saturated carbocycles. The molecule has 0 saturated heterocycles. The van der Waals surface area contributed by atoms with Crippen molar-refractivity contribution in [3.8, 4) is 0 Å². The second kappa shape index (κ2) is 7.09. The maximum absolute atomic E-state index is 3.85. The lowest BCUT2D eigenvalue weighted by Gasteiger charge is -2.32. The summed E-state index contributed by atoms with van der Waals surface area (Å²) in [6.45, 7) is 15.6. The summed E-state index contributed by atoms with van der Waals surface area (Å²) in [5.74, 6) is 3.29. The lowest BCUT2D eigenvalue weighted by Crippen LogP contribution is -2.24. The first-order chi connectivity index (χ1) is 6.54. The molecule has 0 fully saturated rings. The molecule has 0 aromatic heterocycles. The Balaban J connectivity index is 4.33. The number of allylic oxidation sites excluding steroid dienone is 1.